The van der Waals surface area contributed by atoms with Crippen LogP contribution in [0.15, 0.2) is 23.2 Å². The molecule has 0 fully saturated rings. The molecule has 6 heteroatoms. The molecule has 0 heterocycles. The van der Waals surface area contributed by atoms with Gasteiger partial charge in [0.2, 0.25) is 0 Å². The van der Waals surface area contributed by atoms with E-state index in [1.54, 1.807) is 21.3 Å². The van der Waals surface area contributed by atoms with Gasteiger partial charge in [-0.05, 0) is 24.5 Å². The second kappa shape index (κ2) is 11.4. The molecule has 0 aliphatic heterocycles. The molecule has 1 aromatic carbocycles. The second-order valence-corrected chi connectivity index (χ2v) is 5.21. The van der Waals surface area contributed by atoms with E-state index in [0.717, 1.165) is 36.0 Å². The quantitative estimate of drug-likeness (QED) is 0.404. The molecule has 0 aliphatic carbocycles. The third kappa shape index (κ3) is 7.20. The maximum Gasteiger partial charge on any atom is 0.191 e. The molecule has 22 heavy (non-hydrogen) atoms. The molecular weight excluding hydrogens is 393 g/mol. The molecule has 0 aliphatic rings. The minimum atomic E-state index is 0. The number of aliphatic imine (C=N–C) groups is 1. The number of halogens is 1. The van der Waals surface area contributed by atoms with E-state index in [9.17, 15) is 0 Å². The lowest BCUT2D eigenvalue weighted by atomic mass is 10.1. The van der Waals surface area contributed by atoms with Crippen LogP contribution in [0.3, 0.4) is 0 Å². The summed E-state index contributed by atoms with van der Waals surface area (Å²) in [4.78, 5) is 4.22. The number of benzene rings is 1. The first-order valence-electron chi connectivity index (χ1n) is 7.26. The predicted octanol–water partition coefficient (Wildman–Crippen LogP) is 3.03. The van der Waals surface area contributed by atoms with Gasteiger partial charge in [0.05, 0.1) is 14.2 Å². The number of guanidine groups is 1. The van der Waals surface area contributed by atoms with Crippen LogP contribution in [0.2, 0.25) is 0 Å². The summed E-state index contributed by atoms with van der Waals surface area (Å²) < 4.78 is 10.6. The van der Waals surface area contributed by atoms with Crippen LogP contribution in [-0.2, 0) is 6.54 Å². The van der Waals surface area contributed by atoms with Crippen LogP contribution in [0, 0.1) is 5.92 Å². The van der Waals surface area contributed by atoms with Crippen LogP contribution in [0.1, 0.15) is 25.8 Å². The van der Waals surface area contributed by atoms with E-state index >= 15 is 0 Å². The molecule has 0 aromatic heterocycles. The van der Waals surface area contributed by atoms with E-state index in [1.807, 2.05) is 18.2 Å². The van der Waals surface area contributed by atoms with E-state index in [-0.39, 0.29) is 24.0 Å². The Labute approximate surface area is 150 Å². The van der Waals surface area contributed by atoms with E-state index in [0.29, 0.717) is 12.5 Å². The van der Waals surface area contributed by atoms with Gasteiger partial charge in [-0.1, -0.05) is 13.8 Å². The third-order valence-electron chi connectivity index (χ3n) is 3.18. The van der Waals surface area contributed by atoms with E-state index < -0.39 is 0 Å². The summed E-state index contributed by atoms with van der Waals surface area (Å²) in [7, 11) is 5.08. The molecule has 0 radical (unpaired) electrons. The third-order valence-corrected chi connectivity index (χ3v) is 3.18. The zero-order valence-corrected chi connectivity index (χ0v) is 16.4. The van der Waals surface area contributed by atoms with Gasteiger partial charge in [-0.3, -0.25) is 4.99 Å². The summed E-state index contributed by atoms with van der Waals surface area (Å²) in [6, 6.07) is 5.80. The largest absolute Gasteiger partial charge is 0.497 e. The summed E-state index contributed by atoms with van der Waals surface area (Å²) in [6.07, 6.45) is 1.12. The van der Waals surface area contributed by atoms with Crippen LogP contribution < -0.4 is 20.1 Å². The first-order valence-corrected chi connectivity index (χ1v) is 7.26. The molecule has 0 unspecified atom stereocenters. The lowest BCUT2D eigenvalue weighted by Crippen LogP contribution is -2.37. The van der Waals surface area contributed by atoms with E-state index in [2.05, 4.69) is 29.5 Å². The van der Waals surface area contributed by atoms with Gasteiger partial charge >= 0.3 is 0 Å². The Hall–Kier alpha value is -1.18. The van der Waals surface area contributed by atoms with Crippen molar-refractivity contribution in [3.8, 4) is 11.5 Å². The summed E-state index contributed by atoms with van der Waals surface area (Å²) in [5.74, 6) is 3.07. The Balaban J connectivity index is 0.00000441. The van der Waals surface area contributed by atoms with Crippen molar-refractivity contribution in [2.24, 2.45) is 10.9 Å². The van der Waals surface area contributed by atoms with Crippen LogP contribution in [0.4, 0.5) is 0 Å². The minimum absolute atomic E-state index is 0. The molecule has 126 valence electrons. The molecule has 0 atom stereocenters. The smallest absolute Gasteiger partial charge is 0.191 e. The Bertz CT molecular complexity index is 465. The summed E-state index contributed by atoms with van der Waals surface area (Å²) in [6.45, 7) is 5.98. The van der Waals surface area contributed by atoms with Crippen LogP contribution in [-0.4, -0.2) is 33.8 Å². The average molecular weight is 421 g/mol. The molecule has 5 nitrogen and oxygen atoms in total. The molecule has 0 saturated heterocycles. The normalized spacial score (nSPS) is 10.9. The fourth-order valence-corrected chi connectivity index (χ4v) is 1.88. The highest BCUT2D eigenvalue weighted by Crippen LogP contribution is 2.24. The average Bonchev–Trinajstić information content (AvgIpc) is 2.50. The summed E-state index contributed by atoms with van der Waals surface area (Å²) in [5.41, 5.74) is 1.06. The number of rotatable bonds is 7. The number of hydrogen-bond acceptors (Lipinski definition) is 3. The van der Waals surface area contributed by atoms with Gasteiger partial charge in [-0.2, -0.15) is 0 Å². The van der Waals surface area contributed by atoms with Crippen molar-refractivity contribution in [2.75, 3.05) is 27.8 Å². The molecule has 0 spiro atoms. The highest BCUT2D eigenvalue weighted by Gasteiger charge is 2.06. The van der Waals surface area contributed by atoms with E-state index in [1.165, 1.54) is 0 Å². The first-order chi connectivity index (χ1) is 10.1. The van der Waals surface area contributed by atoms with Crippen molar-refractivity contribution >= 4 is 29.9 Å². The van der Waals surface area contributed by atoms with Crippen molar-refractivity contribution in [2.45, 2.75) is 26.8 Å². The van der Waals surface area contributed by atoms with E-state index in [4.69, 9.17) is 9.47 Å². The van der Waals surface area contributed by atoms with Gasteiger partial charge in [0.1, 0.15) is 11.5 Å². The summed E-state index contributed by atoms with van der Waals surface area (Å²) >= 11 is 0. The fraction of sp³-hybridized carbons (Fsp3) is 0.562. The zero-order chi connectivity index (χ0) is 15.7. The van der Waals surface area contributed by atoms with Crippen molar-refractivity contribution in [1.82, 2.24) is 10.6 Å². The maximum atomic E-state index is 5.39. The maximum absolute atomic E-state index is 5.39. The van der Waals surface area contributed by atoms with Crippen LogP contribution in [0.5, 0.6) is 11.5 Å². The molecule has 2 N–H and O–H groups in total. The minimum Gasteiger partial charge on any atom is -0.497 e. The van der Waals surface area contributed by atoms with Crippen LogP contribution >= 0.6 is 24.0 Å². The molecule has 0 bridgehead atoms. The molecule has 1 rings (SSSR count). The van der Waals surface area contributed by atoms with Gasteiger partial charge < -0.3 is 20.1 Å². The fourth-order valence-electron chi connectivity index (χ4n) is 1.88. The van der Waals surface area contributed by atoms with Crippen molar-refractivity contribution in [3.05, 3.63) is 23.8 Å². The molecule has 1 aromatic rings. The van der Waals surface area contributed by atoms with Gasteiger partial charge in [-0.15, -0.1) is 24.0 Å². The molecular formula is C16H28IN3O2. The van der Waals surface area contributed by atoms with Crippen molar-refractivity contribution < 1.29 is 9.47 Å². The van der Waals surface area contributed by atoms with Crippen molar-refractivity contribution in [1.29, 1.82) is 0 Å². The number of nitrogens with one attached hydrogen (secondary N) is 2. The first kappa shape index (κ1) is 20.8. The Morgan fingerprint density at radius 2 is 1.91 bits per heavy atom. The predicted molar refractivity (Wildman–Crippen MR) is 103 cm³/mol. The number of hydrogen-bond donors (Lipinski definition) is 2. The summed E-state index contributed by atoms with van der Waals surface area (Å²) in [5, 5.41) is 6.59. The van der Waals surface area contributed by atoms with Gasteiger partial charge in [0, 0.05) is 31.8 Å². The Morgan fingerprint density at radius 3 is 2.45 bits per heavy atom. The second-order valence-electron chi connectivity index (χ2n) is 5.21. The highest BCUT2D eigenvalue weighted by molar-refractivity contribution is 14.0. The number of nitrogens with zero attached hydrogens (tertiary/aromatic N) is 1. The topological polar surface area (TPSA) is 54.9 Å². The SMILES string of the molecule is CN=C(NCCC(C)C)NCc1ccc(OC)cc1OC.I. The monoisotopic (exact) mass is 421 g/mol. The standard InChI is InChI=1S/C16H27N3O2.HI/c1-12(2)8-9-18-16(17-3)19-11-13-6-7-14(20-4)10-15(13)21-5;/h6-7,10,12H,8-9,11H2,1-5H3,(H2,17,18,19);1H. The Kier molecular flexibility index (Phi) is 10.8. The lowest BCUT2D eigenvalue weighted by molar-refractivity contribution is 0.390. The molecule has 0 saturated carbocycles. The number of methoxy groups -OCH3 is 2. The number of ether oxygens (including phenoxy) is 2. The van der Waals surface area contributed by atoms with Gasteiger partial charge in [0.15, 0.2) is 5.96 Å². The zero-order valence-electron chi connectivity index (χ0n) is 14.1. The lowest BCUT2D eigenvalue weighted by Gasteiger charge is -2.15. The van der Waals surface area contributed by atoms with Crippen LogP contribution in [0.25, 0.3) is 0 Å². The highest BCUT2D eigenvalue weighted by atomic mass is 127. The molecule has 0 amide bonds. The van der Waals surface area contributed by atoms with Crippen molar-refractivity contribution in [3.63, 3.8) is 0 Å². The van der Waals surface area contributed by atoms with Gasteiger partial charge in [-0.25, -0.2) is 0 Å². The van der Waals surface area contributed by atoms with Gasteiger partial charge in [0.25, 0.3) is 0 Å². The Morgan fingerprint density at radius 1 is 1.18 bits per heavy atom.